The van der Waals surface area contributed by atoms with E-state index in [1.807, 2.05) is 37.3 Å². The molecule has 126 valence electrons. The van der Waals surface area contributed by atoms with Crippen LogP contribution in [0.2, 0.25) is 5.02 Å². The number of fused-ring (bicyclic) bond motifs is 1. The third kappa shape index (κ3) is 2.86. The van der Waals surface area contributed by atoms with E-state index in [-0.39, 0.29) is 5.91 Å². The molecule has 0 bridgehead atoms. The van der Waals surface area contributed by atoms with Gasteiger partial charge in [-0.25, -0.2) is 0 Å². The number of aryl methyl sites for hydroxylation is 1. The minimum absolute atomic E-state index is 0.131. The molecule has 1 amide bonds. The number of ether oxygens (including phenoxy) is 2. The van der Waals surface area contributed by atoms with Gasteiger partial charge in [-0.2, -0.15) is 0 Å². The number of anilines is 2. The summed E-state index contributed by atoms with van der Waals surface area (Å²) < 4.78 is 10.8. The molecule has 0 aromatic heterocycles. The Kier molecular flexibility index (Phi) is 4.76. The summed E-state index contributed by atoms with van der Waals surface area (Å²) >= 11 is 6.26. The van der Waals surface area contributed by atoms with E-state index in [4.69, 9.17) is 21.1 Å². The molecule has 1 heterocycles. The van der Waals surface area contributed by atoms with Crippen LogP contribution in [0.25, 0.3) is 0 Å². The molecule has 0 aliphatic carbocycles. The van der Waals surface area contributed by atoms with E-state index in [1.54, 1.807) is 31.3 Å². The predicted molar refractivity (Wildman–Crippen MR) is 94.7 cm³/mol. The Labute approximate surface area is 146 Å². The van der Waals surface area contributed by atoms with Crippen molar-refractivity contribution in [2.75, 3.05) is 24.4 Å². The maximum Gasteiger partial charge on any atom is 0.262 e. The summed E-state index contributed by atoms with van der Waals surface area (Å²) in [5.74, 6) is -0.131. The average molecular weight is 347 g/mol. The van der Waals surface area contributed by atoms with Crippen molar-refractivity contribution in [3.05, 3.63) is 58.6 Å². The SMILES string of the molecule is COC(OC)C1Nc2ccccc2C(=O)N1c1ccc(C)c(Cl)c1. The van der Waals surface area contributed by atoms with Gasteiger partial charge in [-0.05, 0) is 36.8 Å². The lowest BCUT2D eigenvalue weighted by molar-refractivity contribution is -0.111. The third-order valence-corrected chi connectivity index (χ3v) is 4.52. The van der Waals surface area contributed by atoms with Crippen molar-refractivity contribution in [2.24, 2.45) is 0 Å². The summed E-state index contributed by atoms with van der Waals surface area (Å²) in [7, 11) is 3.09. The average Bonchev–Trinajstić information content (AvgIpc) is 2.59. The number of hydrogen-bond donors (Lipinski definition) is 1. The van der Waals surface area contributed by atoms with Gasteiger partial charge in [0.05, 0.1) is 5.56 Å². The van der Waals surface area contributed by atoms with E-state index in [0.717, 1.165) is 11.3 Å². The van der Waals surface area contributed by atoms with Crippen LogP contribution in [0.4, 0.5) is 11.4 Å². The Morgan fingerprint density at radius 3 is 2.54 bits per heavy atom. The molecule has 3 rings (SSSR count). The predicted octanol–water partition coefficient (Wildman–Crippen LogP) is 3.67. The molecule has 0 spiro atoms. The molecule has 0 radical (unpaired) electrons. The van der Waals surface area contributed by atoms with Gasteiger partial charge >= 0.3 is 0 Å². The van der Waals surface area contributed by atoms with Crippen molar-refractivity contribution < 1.29 is 14.3 Å². The highest BCUT2D eigenvalue weighted by molar-refractivity contribution is 6.31. The number of amides is 1. The first kappa shape index (κ1) is 16.8. The Morgan fingerprint density at radius 2 is 1.88 bits per heavy atom. The van der Waals surface area contributed by atoms with E-state index in [9.17, 15) is 4.79 Å². The highest BCUT2D eigenvalue weighted by atomic mass is 35.5. The van der Waals surface area contributed by atoms with Gasteiger partial charge in [-0.15, -0.1) is 0 Å². The number of nitrogens with zero attached hydrogens (tertiary/aromatic N) is 1. The number of nitrogens with one attached hydrogen (secondary N) is 1. The van der Waals surface area contributed by atoms with Gasteiger partial charge in [0.2, 0.25) is 0 Å². The normalized spacial score (nSPS) is 17.0. The molecule has 0 fully saturated rings. The zero-order chi connectivity index (χ0) is 17.3. The number of benzene rings is 2. The minimum Gasteiger partial charge on any atom is -0.360 e. The molecule has 24 heavy (non-hydrogen) atoms. The molecule has 1 aliphatic rings. The Morgan fingerprint density at radius 1 is 1.17 bits per heavy atom. The van der Waals surface area contributed by atoms with Crippen molar-refractivity contribution in [3.8, 4) is 0 Å². The number of methoxy groups -OCH3 is 2. The van der Waals surface area contributed by atoms with E-state index in [1.165, 1.54) is 0 Å². The zero-order valence-corrected chi connectivity index (χ0v) is 14.5. The van der Waals surface area contributed by atoms with E-state index >= 15 is 0 Å². The fourth-order valence-electron chi connectivity index (χ4n) is 2.83. The largest absolute Gasteiger partial charge is 0.360 e. The quantitative estimate of drug-likeness (QED) is 0.858. The first-order valence-corrected chi connectivity index (χ1v) is 7.95. The summed E-state index contributed by atoms with van der Waals surface area (Å²) in [4.78, 5) is 14.7. The number of para-hydroxylation sites is 1. The number of carbonyl (C=O) groups is 1. The number of hydrogen-bond acceptors (Lipinski definition) is 4. The number of carbonyl (C=O) groups excluding carboxylic acids is 1. The van der Waals surface area contributed by atoms with Crippen molar-refractivity contribution >= 4 is 28.9 Å². The van der Waals surface area contributed by atoms with Crippen LogP contribution < -0.4 is 10.2 Å². The van der Waals surface area contributed by atoms with Crippen LogP contribution >= 0.6 is 11.6 Å². The van der Waals surface area contributed by atoms with Crippen LogP contribution in [0.1, 0.15) is 15.9 Å². The fraction of sp³-hybridized carbons (Fsp3) is 0.278. The Bertz CT molecular complexity index is 762. The van der Waals surface area contributed by atoms with Gasteiger partial charge in [0.1, 0.15) is 0 Å². The van der Waals surface area contributed by atoms with E-state index < -0.39 is 12.5 Å². The lowest BCUT2D eigenvalue weighted by Crippen LogP contribution is -2.56. The molecule has 1 unspecified atom stereocenters. The van der Waals surface area contributed by atoms with Crippen LogP contribution in [-0.2, 0) is 9.47 Å². The van der Waals surface area contributed by atoms with Crippen molar-refractivity contribution in [3.63, 3.8) is 0 Å². The summed E-state index contributed by atoms with van der Waals surface area (Å²) in [6.45, 7) is 1.92. The van der Waals surface area contributed by atoms with Crippen molar-refractivity contribution in [2.45, 2.75) is 19.4 Å². The second-order valence-electron chi connectivity index (χ2n) is 5.58. The lowest BCUT2D eigenvalue weighted by atomic mass is 10.1. The monoisotopic (exact) mass is 346 g/mol. The van der Waals surface area contributed by atoms with Crippen LogP contribution in [0.15, 0.2) is 42.5 Å². The maximum absolute atomic E-state index is 13.1. The molecular formula is C18H19ClN2O3. The van der Waals surface area contributed by atoms with Crippen molar-refractivity contribution in [1.82, 2.24) is 0 Å². The topological polar surface area (TPSA) is 50.8 Å². The molecular weight excluding hydrogens is 328 g/mol. The smallest absolute Gasteiger partial charge is 0.262 e. The first-order chi connectivity index (χ1) is 11.6. The summed E-state index contributed by atoms with van der Waals surface area (Å²) in [6.07, 6.45) is -1.15. The van der Waals surface area contributed by atoms with E-state index in [2.05, 4.69) is 5.32 Å². The van der Waals surface area contributed by atoms with Gasteiger partial charge < -0.3 is 14.8 Å². The molecule has 0 saturated carbocycles. The molecule has 2 aromatic rings. The molecule has 6 heteroatoms. The van der Waals surface area contributed by atoms with Gasteiger partial charge in [-0.3, -0.25) is 9.69 Å². The minimum atomic E-state index is -0.637. The molecule has 1 N–H and O–H groups in total. The van der Waals surface area contributed by atoms with Gasteiger partial charge in [0.15, 0.2) is 12.5 Å². The third-order valence-electron chi connectivity index (χ3n) is 4.11. The second-order valence-corrected chi connectivity index (χ2v) is 5.99. The molecule has 0 saturated heterocycles. The standard InChI is InChI=1S/C18H19ClN2O3/c1-11-8-9-12(10-14(11)19)21-16(18(23-2)24-3)20-15-7-5-4-6-13(15)17(21)22/h4-10,16,18,20H,1-3H3. The fourth-order valence-corrected chi connectivity index (χ4v) is 3.00. The second kappa shape index (κ2) is 6.81. The Hall–Kier alpha value is -2.08. The molecule has 1 atom stereocenters. The maximum atomic E-state index is 13.1. The van der Waals surface area contributed by atoms with Crippen LogP contribution in [0.3, 0.4) is 0 Å². The highest BCUT2D eigenvalue weighted by Gasteiger charge is 2.38. The van der Waals surface area contributed by atoms with Crippen LogP contribution in [-0.4, -0.2) is 32.6 Å². The lowest BCUT2D eigenvalue weighted by Gasteiger charge is -2.40. The highest BCUT2D eigenvalue weighted by Crippen LogP contribution is 2.33. The summed E-state index contributed by atoms with van der Waals surface area (Å²) in [5.41, 5.74) is 2.98. The van der Waals surface area contributed by atoms with Gasteiger partial charge in [0, 0.05) is 30.6 Å². The van der Waals surface area contributed by atoms with Crippen molar-refractivity contribution in [1.29, 1.82) is 0 Å². The van der Waals surface area contributed by atoms with Crippen LogP contribution in [0, 0.1) is 6.92 Å². The summed E-state index contributed by atoms with van der Waals surface area (Å²) in [6, 6.07) is 12.9. The van der Waals surface area contributed by atoms with Gasteiger partial charge in [0.25, 0.3) is 5.91 Å². The zero-order valence-electron chi connectivity index (χ0n) is 13.7. The first-order valence-electron chi connectivity index (χ1n) is 7.57. The summed E-state index contributed by atoms with van der Waals surface area (Å²) in [5, 5.41) is 3.93. The molecule has 2 aromatic carbocycles. The number of rotatable bonds is 4. The molecule has 1 aliphatic heterocycles. The number of halogens is 1. The van der Waals surface area contributed by atoms with Crippen LogP contribution in [0.5, 0.6) is 0 Å². The Balaban J connectivity index is 2.11. The van der Waals surface area contributed by atoms with Gasteiger partial charge in [-0.1, -0.05) is 29.8 Å². The van der Waals surface area contributed by atoms with E-state index in [0.29, 0.717) is 16.3 Å². The molecule has 5 nitrogen and oxygen atoms in total.